The quantitative estimate of drug-likeness (QED) is 0.435. The number of para-hydroxylation sites is 1. The summed E-state index contributed by atoms with van der Waals surface area (Å²) in [5.74, 6) is 0.775. The molecule has 1 heterocycles. The summed E-state index contributed by atoms with van der Waals surface area (Å²) in [5.41, 5.74) is 2.80. The standard InChI is InChI=1S/C20H14ClN3S/c21-16-10-7-13-18(14-16)23-19(15-8-3-1-4-9-15)22-24(20(23)25)17-11-5-2-6-12-17/h1-14H. The number of halogens is 1. The molecule has 4 aromatic rings. The van der Waals surface area contributed by atoms with Crippen molar-refractivity contribution in [3.05, 3.63) is 94.7 Å². The summed E-state index contributed by atoms with van der Waals surface area (Å²) in [7, 11) is 0. The Kier molecular flexibility index (Phi) is 4.22. The van der Waals surface area contributed by atoms with Crippen LogP contribution in [-0.4, -0.2) is 14.3 Å². The molecule has 5 heteroatoms. The summed E-state index contributed by atoms with van der Waals surface area (Å²) < 4.78 is 4.31. The van der Waals surface area contributed by atoms with Crippen LogP contribution in [0.2, 0.25) is 5.02 Å². The minimum Gasteiger partial charge on any atom is -0.268 e. The van der Waals surface area contributed by atoms with E-state index >= 15 is 0 Å². The largest absolute Gasteiger partial charge is 0.268 e. The fourth-order valence-corrected chi connectivity index (χ4v) is 3.25. The average Bonchev–Trinajstić information content (AvgIpc) is 3.00. The van der Waals surface area contributed by atoms with Crippen LogP contribution in [0.5, 0.6) is 0 Å². The number of rotatable bonds is 3. The van der Waals surface area contributed by atoms with Crippen LogP contribution in [0.25, 0.3) is 22.8 Å². The van der Waals surface area contributed by atoms with Crippen molar-refractivity contribution in [3.63, 3.8) is 0 Å². The number of nitrogens with zero attached hydrogens (tertiary/aromatic N) is 3. The second-order valence-corrected chi connectivity index (χ2v) is 6.34. The molecule has 1 aromatic heterocycles. The van der Waals surface area contributed by atoms with Crippen LogP contribution >= 0.6 is 23.8 Å². The van der Waals surface area contributed by atoms with E-state index in [-0.39, 0.29) is 0 Å². The second-order valence-electron chi connectivity index (χ2n) is 5.53. The predicted octanol–water partition coefficient (Wildman–Crippen LogP) is 5.71. The fourth-order valence-electron chi connectivity index (χ4n) is 2.73. The van der Waals surface area contributed by atoms with Crippen LogP contribution in [0.15, 0.2) is 84.9 Å². The Balaban J connectivity index is 2.01. The number of benzene rings is 3. The molecular weight excluding hydrogens is 350 g/mol. The van der Waals surface area contributed by atoms with Gasteiger partial charge in [0.05, 0.1) is 11.4 Å². The van der Waals surface area contributed by atoms with Crippen molar-refractivity contribution in [3.8, 4) is 22.8 Å². The van der Waals surface area contributed by atoms with E-state index in [0.717, 1.165) is 22.8 Å². The van der Waals surface area contributed by atoms with E-state index in [2.05, 4.69) is 0 Å². The first-order valence-electron chi connectivity index (χ1n) is 7.83. The summed E-state index contributed by atoms with van der Waals surface area (Å²) in [6.07, 6.45) is 0. The molecule has 0 aliphatic heterocycles. The summed E-state index contributed by atoms with van der Waals surface area (Å²) in [5, 5.41) is 5.45. The summed E-state index contributed by atoms with van der Waals surface area (Å²) in [6.45, 7) is 0. The molecule has 0 bridgehead atoms. The molecule has 0 aliphatic carbocycles. The lowest BCUT2D eigenvalue weighted by Gasteiger charge is -2.07. The van der Waals surface area contributed by atoms with Gasteiger partial charge in [0.2, 0.25) is 4.77 Å². The van der Waals surface area contributed by atoms with Crippen molar-refractivity contribution in [2.45, 2.75) is 0 Å². The molecule has 0 N–H and O–H groups in total. The van der Waals surface area contributed by atoms with Gasteiger partial charge >= 0.3 is 0 Å². The first kappa shape index (κ1) is 15.8. The molecule has 0 fully saturated rings. The lowest BCUT2D eigenvalue weighted by molar-refractivity contribution is 0.860. The van der Waals surface area contributed by atoms with Gasteiger partial charge < -0.3 is 0 Å². The molecule has 0 saturated carbocycles. The van der Waals surface area contributed by atoms with Gasteiger partial charge in [-0.2, -0.15) is 0 Å². The minimum absolute atomic E-state index is 0.590. The third-order valence-corrected chi connectivity index (χ3v) is 4.47. The first-order valence-corrected chi connectivity index (χ1v) is 8.61. The molecule has 0 amide bonds. The Bertz CT molecular complexity index is 1070. The monoisotopic (exact) mass is 363 g/mol. The maximum atomic E-state index is 6.19. The molecule has 0 saturated heterocycles. The topological polar surface area (TPSA) is 22.8 Å². The molecule has 122 valence electrons. The van der Waals surface area contributed by atoms with Gasteiger partial charge in [0.25, 0.3) is 0 Å². The zero-order chi connectivity index (χ0) is 17.2. The van der Waals surface area contributed by atoms with E-state index in [4.69, 9.17) is 28.9 Å². The number of aromatic nitrogens is 3. The molecule has 0 radical (unpaired) electrons. The SMILES string of the molecule is S=c1n(-c2ccccc2)nc(-c2ccccc2)n1-c1cccc(Cl)c1. The van der Waals surface area contributed by atoms with Gasteiger partial charge in [0.15, 0.2) is 5.82 Å². The van der Waals surface area contributed by atoms with E-state index in [0.29, 0.717) is 9.79 Å². The zero-order valence-corrected chi connectivity index (χ0v) is 14.8. The van der Waals surface area contributed by atoms with Crippen LogP contribution in [0.4, 0.5) is 0 Å². The van der Waals surface area contributed by atoms with Crippen LogP contribution in [0, 0.1) is 4.77 Å². The van der Waals surface area contributed by atoms with E-state index < -0.39 is 0 Å². The van der Waals surface area contributed by atoms with Gasteiger partial charge in [-0.05, 0) is 42.5 Å². The van der Waals surface area contributed by atoms with Gasteiger partial charge in [-0.3, -0.25) is 4.57 Å². The maximum absolute atomic E-state index is 6.19. The smallest absolute Gasteiger partial charge is 0.207 e. The molecule has 4 rings (SSSR count). The second kappa shape index (κ2) is 6.67. The van der Waals surface area contributed by atoms with Crippen molar-refractivity contribution >= 4 is 23.8 Å². The van der Waals surface area contributed by atoms with Gasteiger partial charge in [0, 0.05) is 10.6 Å². The summed E-state index contributed by atoms with van der Waals surface area (Å²) >= 11 is 11.9. The van der Waals surface area contributed by atoms with Crippen LogP contribution in [0.3, 0.4) is 0 Å². The molecule has 0 atom stereocenters. The highest BCUT2D eigenvalue weighted by molar-refractivity contribution is 7.71. The van der Waals surface area contributed by atoms with Gasteiger partial charge in [-0.1, -0.05) is 66.2 Å². The van der Waals surface area contributed by atoms with E-state index in [1.54, 1.807) is 4.68 Å². The highest BCUT2D eigenvalue weighted by atomic mass is 35.5. The van der Waals surface area contributed by atoms with E-state index in [1.807, 2.05) is 89.5 Å². The summed E-state index contributed by atoms with van der Waals surface area (Å²) in [4.78, 5) is 0. The zero-order valence-electron chi connectivity index (χ0n) is 13.2. The van der Waals surface area contributed by atoms with Crippen molar-refractivity contribution in [1.82, 2.24) is 14.3 Å². The molecule has 3 aromatic carbocycles. The van der Waals surface area contributed by atoms with Crippen LogP contribution < -0.4 is 0 Å². The third-order valence-electron chi connectivity index (χ3n) is 3.88. The summed E-state index contributed by atoms with van der Waals surface area (Å²) in [6, 6.07) is 27.5. The van der Waals surface area contributed by atoms with Gasteiger partial charge in [-0.25, -0.2) is 4.68 Å². The van der Waals surface area contributed by atoms with Crippen LogP contribution in [-0.2, 0) is 0 Å². The highest BCUT2D eigenvalue weighted by Crippen LogP contribution is 2.25. The highest BCUT2D eigenvalue weighted by Gasteiger charge is 2.15. The van der Waals surface area contributed by atoms with Crippen molar-refractivity contribution in [1.29, 1.82) is 0 Å². The van der Waals surface area contributed by atoms with Gasteiger partial charge in [0.1, 0.15) is 0 Å². The molecular formula is C20H14ClN3S. The molecule has 0 aliphatic rings. The Hall–Kier alpha value is -2.69. The van der Waals surface area contributed by atoms with Crippen LogP contribution in [0.1, 0.15) is 0 Å². The van der Waals surface area contributed by atoms with Crippen molar-refractivity contribution < 1.29 is 0 Å². The number of hydrogen-bond donors (Lipinski definition) is 0. The Morgan fingerprint density at radius 3 is 2.08 bits per heavy atom. The minimum atomic E-state index is 0.590. The molecule has 25 heavy (non-hydrogen) atoms. The predicted molar refractivity (Wildman–Crippen MR) is 104 cm³/mol. The van der Waals surface area contributed by atoms with Crippen molar-refractivity contribution in [2.75, 3.05) is 0 Å². The average molecular weight is 364 g/mol. The molecule has 3 nitrogen and oxygen atoms in total. The Morgan fingerprint density at radius 1 is 0.760 bits per heavy atom. The van der Waals surface area contributed by atoms with E-state index in [9.17, 15) is 0 Å². The number of hydrogen-bond acceptors (Lipinski definition) is 2. The Morgan fingerprint density at radius 2 is 1.40 bits per heavy atom. The lowest BCUT2D eigenvalue weighted by atomic mass is 10.2. The Labute approximate surface area is 155 Å². The third kappa shape index (κ3) is 3.02. The first-order chi connectivity index (χ1) is 12.2. The van der Waals surface area contributed by atoms with E-state index in [1.165, 1.54) is 0 Å². The lowest BCUT2D eigenvalue weighted by Crippen LogP contribution is -1.99. The van der Waals surface area contributed by atoms with Crippen molar-refractivity contribution in [2.24, 2.45) is 0 Å². The molecule has 0 spiro atoms. The van der Waals surface area contributed by atoms with Gasteiger partial charge in [-0.15, -0.1) is 5.10 Å². The maximum Gasteiger partial charge on any atom is 0.207 e. The molecule has 0 unspecified atom stereocenters. The fraction of sp³-hybridized carbons (Fsp3) is 0. The normalized spacial score (nSPS) is 10.8.